The van der Waals surface area contributed by atoms with E-state index in [4.69, 9.17) is 0 Å². The van der Waals surface area contributed by atoms with Gasteiger partial charge < -0.3 is 4.90 Å². The van der Waals surface area contributed by atoms with Crippen molar-refractivity contribution in [2.75, 3.05) is 11.9 Å². The number of carbonyl (C=O) groups is 1. The van der Waals surface area contributed by atoms with Crippen LogP contribution in [0.5, 0.6) is 0 Å². The highest BCUT2D eigenvalue weighted by molar-refractivity contribution is 6.25. The molecule has 1 amide bonds. The molecule has 3 rings (SSSR count). The lowest BCUT2D eigenvalue weighted by Crippen LogP contribution is -2.20. The van der Waals surface area contributed by atoms with E-state index in [1.165, 1.54) is 23.1 Å². The molecule has 18 heavy (non-hydrogen) atoms. The van der Waals surface area contributed by atoms with Gasteiger partial charge in [-0.2, -0.15) is 13.2 Å². The highest BCUT2D eigenvalue weighted by Crippen LogP contribution is 2.42. The first kappa shape index (κ1) is 11.1. The fraction of sp³-hybridized carbons (Fsp3) is 0.154. The summed E-state index contributed by atoms with van der Waals surface area (Å²) >= 11 is 0. The van der Waals surface area contributed by atoms with Gasteiger partial charge in [-0.3, -0.25) is 4.79 Å². The van der Waals surface area contributed by atoms with Crippen molar-refractivity contribution >= 4 is 22.4 Å². The van der Waals surface area contributed by atoms with Crippen molar-refractivity contribution in [1.29, 1.82) is 0 Å². The third kappa shape index (κ3) is 1.27. The van der Waals surface area contributed by atoms with E-state index in [1.807, 2.05) is 0 Å². The lowest BCUT2D eigenvalue weighted by molar-refractivity contribution is -0.136. The maximum absolute atomic E-state index is 12.9. The standard InChI is InChI=1S/C13H8F3NO/c1-17-10-6-5-9(13(14,15)16)7-3-2-4-8(11(7)10)12(17)18/h2-6H,1H3. The molecule has 0 atom stereocenters. The minimum atomic E-state index is -4.42. The monoisotopic (exact) mass is 251 g/mol. The topological polar surface area (TPSA) is 20.3 Å². The van der Waals surface area contributed by atoms with Gasteiger partial charge in [-0.15, -0.1) is 0 Å². The molecule has 2 nitrogen and oxygen atoms in total. The highest BCUT2D eigenvalue weighted by atomic mass is 19.4. The number of carbonyl (C=O) groups excluding carboxylic acids is 1. The first-order chi connectivity index (χ1) is 8.41. The number of rotatable bonds is 0. The number of alkyl halides is 3. The number of hydrogen-bond acceptors (Lipinski definition) is 1. The zero-order valence-corrected chi connectivity index (χ0v) is 9.38. The average Bonchev–Trinajstić information content (AvgIpc) is 2.56. The molecule has 1 aliphatic heterocycles. The van der Waals surface area contributed by atoms with Crippen molar-refractivity contribution in [3.05, 3.63) is 41.5 Å². The third-order valence-corrected chi connectivity index (χ3v) is 3.22. The molecule has 92 valence electrons. The molecule has 0 unspecified atom stereocenters. The van der Waals surface area contributed by atoms with Gasteiger partial charge in [0.2, 0.25) is 0 Å². The molecule has 2 aromatic rings. The Morgan fingerprint density at radius 1 is 1.11 bits per heavy atom. The Morgan fingerprint density at radius 3 is 2.50 bits per heavy atom. The van der Waals surface area contributed by atoms with Gasteiger partial charge in [0.1, 0.15) is 0 Å². The van der Waals surface area contributed by atoms with Gasteiger partial charge in [0.05, 0.1) is 11.3 Å². The minimum absolute atomic E-state index is 0.0789. The second kappa shape index (κ2) is 3.25. The van der Waals surface area contributed by atoms with Gasteiger partial charge in [0, 0.05) is 18.0 Å². The van der Waals surface area contributed by atoms with Crippen molar-refractivity contribution in [3.63, 3.8) is 0 Å². The highest BCUT2D eigenvalue weighted by Gasteiger charge is 2.36. The Morgan fingerprint density at radius 2 is 1.83 bits per heavy atom. The minimum Gasteiger partial charge on any atom is -0.311 e. The largest absolute Gasteiger partial charge is 0.417 e. The Balaban J connectivity index is 2.46. The van der Waals surface area contributed by atoms with Gasteiger partial charge in [-0.25, -0.2) is 0 Å². The molecule has 0 aliphatic carbocycles. The number of nitrogens with zero attached hydrogens (tertiary/aromatic N) is 1. The van der Waals surface area contributed by atoms with Crippen LogP contribution >= 0.6 is 0 Å². The molecule has 0 aromatic heterocycles. The predicted molar refractivity (Wildman–Crippen MR) is 61.7 cm³/mol. The van der Waals surface area contributed by atoms with Crippen molar-refractivity contribution in [1.82, 2.24) is 0 Å². The molecule has 0 bridgehead atoms. The summed E-state index contributed by atoms with van der Waals surface area (Å²) in [6.07, 6.45) is -4.42. The summed E-state index contributed by atoms with van der Waals surface area (Å²) in [4.78, 5) is 13.3. The zero-order chi connectivity index (χ0) is 13.1. The molecule has 0 N–H and O–H groups in total. The van der Waals surface area contributed by atoms with E-state index in [0.717, 1.165) is 6.07 Å². The lowest BCUT2D eigenvalue weighted by Gasteiger charge is -2.13. The van der Waals surface area contributed by atoms with Crippen molar-refractivity contribution in [2.45, 2.75) is 6.18 Å². The Bertz CT molecular complexity index is 676. The Labute approximate surface area is 101 Å². The van der Waals surface area contributed by atoms with E-state index in [9.17, 15) is 18.0 Å². The molecule has 5 heteroatoms. The van der Waals surface area contributed by atoms with Crippen LogP contribution < -0.4 is 4.90 Å². The van der Waals surface area contributed by atoms with Crippen LogP contribution in [-0.2, 0) is 6.18 Å². The third-order valence-electron chi connectivity index (χ3n) is 3.22. The first-order valence-corrected chi connectivity index (χ1v) is 5.32. The number of anilines is 1. The molecule has 1 heterocycles. The summed E-state index contributed by atoms with van der Waals surface area (Å²) in [7, 11) is 1.56. The maximum Gasteiger partial charge on any atom is 0.417 e. The molecular formula is C13H8F3NO. The maximum atomic E-state index is 12.9. The summed E-state index contributed by atoms with van der Waals surface area (Å²) in [5.41, 5.74) is 0.154. The molecule has 1 aliphatic rings. The van der Waals surface area contributed by atoms with E-state index < -0.39 is 11.7 Å². The number of amides is 1. The molecule has 2 aromatic carbocycles. The molecule has 0 fully saturated rings. The predicted octanol–water partition coefficient (Wildman–Crippen LogP) is 3.45. The van der Waals surface area contributed by atoms with Crippen LogP contribution in [0.1, 0.15) is 15.9 Å². The van der Waals surface area contributed by atoms with Crippen LogP contribution in [0.15, 0.2) is 30.3 Å². The van der Waals surface area contributed by atoms with Gasteiger partial charge in [0.25, 0.3) is 5.91 Å². The van der Waals surface area contributed by atoms with Gasteiger partial charge in [0.15, 0.2) is 0 Å². The van der Waals surface area contributed by atoms with E-state index in [0.29, 0.717) is 16.6 Å². The summed E-state index contributed by atoms with van der Waals surface area (Å²) in [6.45, 7) is 0. The normalized spacial score (nSPS) is 14.7. The SMILES string of the molecule is CN1C(=O)c2cccc3c(C(F)(F)F)ccc1c23. The molecule has 0 saturated heterocycles. The Hall–Kier alpha value is -2.04. The number of halogens is 3. The van der Waals surface area contributed by atoms with Crippen molar-refractivity contribution in [3.8, 4) is 0 Å². The molecule has 0 radical (unpaired) electrons. The van der Waals surface area contributed by atoms with Crippen LogP contribution in [-0.4, -0.2) is 13.0 Å². The summed E-state index contributed by atoms with van der Waals surface area (Å²) in [5.74, 6) is -0.269. The average molecular weight is 251 g/mol. The van der Waals surface area contributed by atoms with E-state index in [2.05, 4.69) is 0 Å². The number of benzene rings is 2. The van der Waals surface area contributed by atoms with Crippen LogP contribution in [0, 0.1) is 0 Å². The van der Waals surface area contributed by atoms with Crippen LogP contribution in [0.3, 0.4) is 0 Å². The molecule has 0 spiro atoms. The summed E-state index contributed by atoms with van der Waals surface area (Å²) in [5, 5.41) is 0.468. The van der Waals surface area contributed by atoms with Crippen molar-refractivity contribution < 1.29 is 18.0 Å². The second-order valence-corrected chi connectivity index (χ2v) is 4.22. The van der Waals surface area contributed by atoms with Crippen molar-refractivity contribution in [2.24, 2.45) is 0 Å². The smallest absolute Gasteiger partial charge is 0.311 e. The van der Waals surface area contributed by atoms with Gasteiger partial charge in [-0.05, 0) is 23.6 Å². The quantitative estimate of drug-likeness (QED) is 0.702. The fourth-order valence-corrected chi connectivity index (χ4v) is 2.38. The van der Waals surface area contributed by atoms with E-state index >= 15 is 0 Å². The van der Waals surface area contributed by atoms with Crippen LogP contribution in [0.25, 0.3) is 10.8 Å². The van der Waals surface area contributed by atoms with Gasteiger partial charge in [-0.1, -0.05) is 12.1 Å². The van der Waals surface area contributed by atoms with Crippen LogP contribution in [0.4, 0.5) is 18.9 Å². The first-order valence-electron chi connectivity index (χ1n) is 5.32. The van der Waals surface area contributed by atoms with E-state index in [1.54, 1.807) is 13.1 Å². The second-order valence-electron chi connectivity index (χ2n) is 4.22. The number of hydrogen-bond donors (Lipinski definition) is 0. The zero-order valence-electron chi connectivity index (χ0n) is 9.38. The summed E-state index contributed by atoms with van der Waals surface area (Å²) < 4.78 is 38.7. The fourth-order valence-electron chi connectivity index (χ4n) is 2.38. The molecular weight excluding hydrogens is 243 g/mol. The summed E-state index contributed by atoms with van der Waals surface area (Å²) in [6, 6.07) is 6.80. The van der Waals surface area contributed by atoms with Gasteiger partial charge >= 0.3 is 6.18 Å². The van der Waals surface area contributed by atoms with Crippen LogP contribution in [0.2, 0.25) is 0 Å². The lowest BCUT2D eigenvalue weighted by atomic mass is 10.0. The molecule has 0 saturated carbocycles. The van der Waals surface area contributed by atoms with E-state index in [-0.39, 0.29) is 11.3 Å². The Kier molecular flexibility index (Phi) is 2.00.